The number of hydrogen-bond donors (Lipinski definition) is 1. The van der Waals surface area contributed by atoms with Gasteiger partial charge in [-0.3, -0.25) is 14.4 Å². The van der Waals surface area contributed by atoms with Gasteiger partial charge in [0.25, 0.3) is 0 Å². The monoisotopic (exact) mass is 328 g/mol. The van der Waals surface area contributed by atoms with Gasteiger partial charge in [0.2, 0.25) is 5.91 Å². The lowest BCUT2D eigenvalue weighted by Gasteiger charge is -2.30. The summed E-state index contributed by atoms with van der Waals surface area (Å²) in [6.45, 7) is 4.82. The van der Waals surface area contributed by atoms with Crippen molar-refractivity contribution in [1.29, 1.82) is 0 Å². The Bertz CT molecular complexity index is 463. The summed E-state index contributed by atoms with van der Waals surface area (Å²) in [4.78, 5) is 13.5. The fraction of sp³-hybridized carbons (Fsp3) is 0.692. The minimum absolute atomic E-state index is 0.0532. The number of nitrogens with two attached hydrogens (primary N) is 1. The zero-order valence-corrected chi connectivity index (χ0v) is 13.1. The number of likely N-dealkylation sites (tertiary alicyclic amines) is 1. The highest BCUT2D eigenvalue weighted by Gasteiger charge is 2.24. The molecular weight excluding hydrogens is 308 g/mol. The van der Waals surface area contributed by atoms with Crippen molar-refractivity contribution < 1.29 is 4.79 Å². The van der Waals surface area contributed by atoms with Crippen molar-refractivity contribution in [3.63, 3.8) is 0 Å². The van der Waals surface area contributed by atoms with Crippen LogP contribution in [-0.4, -0.2) is 33.7 Å². The minimum Gasteiger partial charge on any atom is -0.369 e. The number of piperidine rings is 1. The van der Waals surface area contributed by atoms with Gasteiger partial charge in [-0.1, -0.05) is 6.92 Å². The van der Waals surface area contributed by atoms with Crippen LogP contribution in [0.4, 0.5) is 0 Å². The number of aromatic nitrogens is 2. The molecule has 0 atom stereocenters. The molecule has 106 valence electrons. The number of aryl methyl sites for hydroxylation is 2. The second-order valence-corrected chi connectivity index (χ2v) is 5.93. The van der Waals surface area contributed by atoms with E-state index < -0.39 is 0 Å². The van der Waals surface area contributed by atoms with Crippen molar-refractivity contribution in [2.45, 2.75) is 32.7 Å². The third-order valence-electron chi connectivity index (χ3n) is 3.87. The van der Waals surface area contributed by atoms with Crippen molar-refractivity contribution in [1.82, 2.24) is 14.7 Å². The molecule has 1 amide bonds. The van der Waals surface area contributed by atoms with Crippen LogP contribution in [0.1, 0.15) is 31.2 Å². The molecule has 5 nitrogen and oxygen atoms in total. The lowest BCUT2D eigenvalue weighted by molar-refractivity contribution is -0.123. The van der Waals surface area contributed by atoms with Gasteiger partial charge in [-0.15, -0.1) is 0 Å². The zero-order valence-electron chi connectivity index (χ0n) is 11.5. The molecule has 1 fully saturated rings. The first-order valence-corrected chi connectivity index (χ1v) is 7.54. The van der Waals surface area contributed by atoms with Gasteiger partial charge in [-0.05, 0) is 48.3 Å². The Morgan fingerprint density at radius 1 is 1.47 bits per heavy atom. The first-order valence-electron chi connectivity index (χ1n) is 6.74. The van der Waals surface area contributed by atoms with Crippen LogP contribution in [0.25, 0.3) is 0 Å². The van der Waals surface area contributed by atoms with E-state index in [1.54, 1.807) is 0 Å². The summed E-state index contributed by atoms with van der Waals surface area (Å²) < 4.78 is 3.07. The molecule has 1 aliphatic rings. The molecule has 2 N–H and O–H groups in total. The summed E-state index contributed by atoms with van der Waals surface area (Å²) >= 11 is 3.64. The van der Waals surface area contributed by atoms with E-state index in [0.29, 0.717) is 0 Å². The van der Waals surface area contributed by atoms with Crippen LogP contribution in [0.3, 0.4) is 0 Å². The fourth-order valence-electron chi connectivity index (χ4n) is 2.58. The first-order chi connectivity index (χ1) is 9.02. The Kier molecular flexibility index (Phi) is 4.62. The number of nitrogens with zero attached hydrogens (tertiary/aromatic N) is 3. The van der Waals surface area contributed by atoms with Gasteiger partial charge in [0.05, 0.1) is 15.9 Å². The SMILES string of the molecule is CCc1nn(C)c(CN2CCC(C(N)=O)CC2)c1Br. The molecular formula is C13H21BrN4O. The molecule has 0 bridgehead atoms. The van der Waals surface area contributed by atoms with E-state index in [-0.39, 0.29) is 11.8 Å². The Morgan fingerprint density at radius 3 is 2.58 bits per heavy atom. The summed E-state index contributed by atoms with van der Waals surface area (Å²) in [6.07, 6.45) is 2.66. The van der Waals surface area contributed by atoms with Gasteiger partial charge in [-0.25, -0.2) is 0 Å². The maximum atomic E-state index is 11.2. The summed E-state index contributed by atoms with van der Waals surface area (Å²) in [5.74, 6) is -0.105. The van der Waals surface area contributed by atoms with Gasteiger partial charge in [0.1, 0.15) is 0 Å². The predicted molar refractivity (Wildman–Crippen MR) is 77.5 cm³/mol. The second-order valence-electron chi connectivity index (χ2n) is 5.14. The maximum absolute atomic E-state index is 11.2. The summed E-state index contributed by atoms with van der Waals surface area (Å²) in [6, 6.07) is 0. The molecule has 0 unspecified atom stereocenters. The third-order valence-corrected chi connectivity index (χ3v) is 4.78. The summed E-state index contributed by atoms with van der Waals surface area (Å²) in [7, 11) is 1.98. The van der Waals surface area contributed by atoms with Crippen LogP contribution in [0.2, 0.25) is 0 Å². The Hall–Kier alpha value is -0.880. The number of primary amides is 1. The summed E-state index contributed by atoms with van der Waals surface area (Å²) in [5, 5.41) is 4.51. The smallest absolute Gasteiger partial charge is 0.220 e. The molecule has 19 heavy (non-hydrogen) atoms. The lowest BCUT2D eigenvalue weighted by Crippen LogP contribution is -2.38. The molecule has 0 saturated carbocycles. The standard InChI is InChI=1S/C13H21BrN4O/c1-3-10-12(14)11(17(2)16-10)8-18-6-4-9(5-7-18)13(15)19/h9H,3-8H2,1-2H3,(H2,15,19). The van der Waals surface area contributed by atoms with E-state index >= 15 is 0 Å². The molecule has 2 heterocycles. The Balaban J connectivity index is 1.99. The molecule has 1 aromatic heterocycles. The molecule has 1 aromatic rings. The first kappa shape index (κ1) is 14.5. The number of amides is 1. The molecule has 6 heteroatoms. The van der Waals surface area contributed by atoms with Crippen LogP contribution in [0.15, 0.2) is 4.47 Å². The highest BCUT2D eigenvalue weighted by atomic mass is 79.9. The molecule has 0 radical (unpaired) electrons. The van der Waals surface area contributed by atoms with Crippen LogP contribution in [0, 0.1) is 5.92 Å². The molecule has 0 aromatic carbocycles. The van der Waals surface area contributed by atoms with Crippen molar-refractivity contribution in [2.24, 2.45) is 18.7 Å². The molecule has 0 spiro atoms. The number of carbonyl (C=O) groups excluding carboxylic acids is 1. The van der Waals surface area contributed by atoms with Gasteiger partial charge in [0.15, 0.2) is 0 Å². The Morgan fingerprint density at radius 2 is 2.11 bits per heavy atom. The largest absolute Gasteiger partial charge is 0.369 e. The number of carbonyl (C=O) groups is 1. The molecule has 0 aliphatic carbocycles. The van der Waals surface area contributed by atoms with Gasteiger partial charge in [0, 0.05) is 19.5 Å². The maximum Gasteiger partial charge on any atom is 0.220 e. The van der Waals surface area contributed by atoms with E-state index in [0.717, 1.165) is 49.1 Å². The Labute approximate surface area is 122 Å². The van der Waals surface area contributed by atoms with Crippen LogP contribution >= 0.6 is 15.9 Å². The van der Waals surface area contributed by atoms with E-state index in [9.17, 15) is 4.79 Å². The van der Waals surface area contributed by atoms with Crippen molar-refractivity contribution in [2.75, 3.05) is 13.1 Å². The molecule has 1 saturated heterocycles. The van der Waals surface area contributed by atoms with Crippen molar-refractivity contribution in [3.8, 4) is 0 Å². The predicted octanol–water partition coefficient (Wildman–Crippen LogP) is 1.44. The molecule has 2 rings (SSSR count). The molecule has 1 aliphatic heterocycles. The minimum atomic E-state index is -0.158. The fourth-order valence-corrected chi connectivity index (χ4v) is 3.32. The van der Waals surface area contributed by atoms with Gasteiger partial charge < -0.3 is 5.73 Å². The topological polar surface area (TPSA) is 64.2 Å². The highest BCUT2D eigenvalue weighted by molar-refractivity contribution is 9.10. The third kappa shape index (κ3) is 3.17. The summed E-state index contributed by atoms with van der Waals surface area (Å²) in [5.41, 5.74) is 7.66. The van der Waals surface area contributed by atoms with E-state index in [1.807, 2.05) is 11.7 Å². The second kappa shape index (κ2) is 6.05. The normalized spacial score (nSPS) is 17.8. The average molecular weight is 329 g/mol. The lowest BCUT2D eigenvalue weighted by atomic mass is 9.96. The quantitative estimate of drug-likeness (QED) is 0.909. The zero-order chi connectivity index (χ0) is 14.0. The number of rotatable bonds is 4. The van der Waals surface area contributed by atoms with E-state index in [1.165, 1.54) is 5.69 Å². The van der Waals surface area contributed by atoms with Crippen molar-refractivity contribution in [3.05, 3.63) is 15.9 Å². The number of hydrogen-bond acceptors (Lipinski definition) is 3. The van der Waals surface area contributed by atoms with Gasteiger partial charge in [-0.2, -0.15) is 5.10 Å². The number of halogens is 1. The van der Waals surface area contributed by atoms with Crippen LogP contribution < -0.4 is 5.73 Å². The van der Waals surface area contributed by atoms with Crippen LogP contribution in [-0.2, 0) is 24.8 Å². The average Bonchev–Trinajstić information content (AvgIpc) is 2.67. The highest BCUT2D eigenvalue weighted by Crippen LogP contribution is 2.25. The van der Waals surface area contributed by atoms with Crippen molar-refractivity contribution >= 4 is 21.8 Å². The van der Waals surface area contributed by atoms with E-state index in [2.05, 4.69) is 32.9 Å². The van der Waals surface area contributed by atoms with Gasteiger partial charge >= 0.3 is 0 Å². The van der Waals surface area contributed by atoms with E-state index in [4.69, 9.17) is 5.73 Å². The van der Waals surface area contributed by atoms with Crippen LogP contribution in [0.5, 0.6) is 0 Å².